The third-order valence-corrected chi connectivity index (χ3v) is 5.60. The molecule has 2 aromatic rings. The molecule has 8 heteroatoms. The summed E-state index contributed by atoms with van der Waals surface area (Å²) in [5, 5.41) is 10.7. The molecule has 7 nitrogen and oxygen atoms in total. The maximum absolute atomic E-state index is 11.4. The average molecular weight is 465 g/mol. The van der Waals surface area contributed by atoms with Gasteiger partial charge in [0.15, 0.2) is 0 Å². The molecular weight excluding hydrogens is 437 g/mol. The number of rotatable bonds is 7. The number of carbonyl (C=O) groups is 1. The van der Waals surface area contributed by atoms with Gasteiger partial charge in [-0.1, -0.05) is 48.0 Å². The minimum Gasteiger partial charge on any atom is -0.0622 e. The largest absolute Gasteiger partial charge is 0.0622 e. The first-order valence-electron chi connectivity index (χ1n) is 8.62. The smallest absolute Gasteiger partial charge is 0.0398 e. The molecule has 3 N–H and O–H groups in total. The van der Waals surface area contributed by atoms with Crippen molar-refractivity contribution < 1.29 is 26.5 Å². The zero-order valence-electron chi connectivity index (χ0n) is 16.7. The van der Waals surface area contributed by atoms with Gasteiger partial charge in [-0.15, -0.1) is 13.2 Å². The Hall–Kier alpha value is -2.41. The fourth-order valence-corrected chi connectivity index (χ4v) is 3.50. The minimum absolute atomic E-state index is 0.103. The summed E-state index contributed by atoms with van der Waals surface area (Å²) in [5.74, 6) is -0.379. The van der Waals surface area contributed by atoms with Crippen LogP contribution in [-0.2, 0) is 17.1 Å². The van der Waals surface area contributed by atoms with E-state index in [-0.39, 0.29) is 15.9 Å². The molecule has 2 aromatic carbocycles. The summed E-state index contributed by atoms with van der Waals surface area (Å²) in [5.41, 5.74) is 1.48. The topological polar surface area (TPSA) is 105 Å². The van der Waals surface area contributed by atoms with Gasteiger partial charge in [0.2, 0.25) is 0 Å². The number of aryl methyl sites for hydroxylation is 1. The van der Waals surface area contributed by atoms with E-state index in [0.717, 1.165) is 0 Å². The van der Waals surface area contributed by atoms with Gasteiger partial charge in [-0.3, -0.25) is 0 Å². The molecule has 0 fully saturated rings. The summed E-state index contributed by atoms with van der Waals surface area (Å²) in [7, 11) is 0. The van der Waals surface area contributed by atoms with Crippen molar-refractivity contribution in [1.82, 2.24) is 0 Å². The first kappa shape index (κ1) is 26.6. The van der Waals surface area contributed by atoms with Crippen LogP contribution in [0.4, 0.5) is 5.69 Å². The van der Waals surface area contributed by atoms with E-state index in [0.29, 0.717) is 13.2 Å². The quantitative estimate of drug-likeness (QED) is 0.191. The molecule has 0 radical (unpaired) electrons. The number of para-hydroxylation sites is 1. The summed E-state index contributed by atoms with van der Waals surface area (Å²) in [4.78, 5) is 10.8. The Morgan fingerprint density at radius 3 is 2.00 bits per heavy atom. The van der Waals surface area contributed by atoms with E-state index in [9.17, 15) is 12.6 Å². The molecule has 2 rings (SSSR count). The minimum atomic E-state index is -4.92. The standard InChI is InChI=1S/C8H10AsNO5.C7H8.C6H10O/c1-6(11)10-8-5-3-2-4-7(8)9(12,13)15-14;1-7-5-3-2-4-6-7;1-3-5-7-6-4-2/h2-5,14H,1H3,(H,10,11)(H,12,13);2-6H,1H3;3-4H,1-2,5-6H2. The SMILES string of the molecule is C=CCOCC=C.CC(=O)Nc1ccccc1[As](=O)(O)OO.Cc1ccccc1. The van der Waals surface area contributed by atoms with E-state index in [2.05, 4.69) is 41.4 Å². The Labute approximate surface area is 174 Å². The molecule has 1 amide bonds. The predicted molar refractivity (Wildman–Crippen MR) is 115 cm³/mol. The van der Waals surface area contributed by atoms with Crippen molar-refractivity contribution in [3.8, 4) is 0 Å². The van der Waals surface area contributed by atoms with Gasteiger partial charge in [-0.05, 0) is 6.92 Å². The van der Waals surface area contributed by atoms with Gasteiger partial charge in [-0.25, -0.2) is 0 Å². The number of carbonyl (C=O) groups excluding carboxylic acids is 1. The van der Waals surface area contributed by atoms with Crippen LogP contribution in [0.25, 0.3) is 0 Å². The van der Waals surface area contributed by atoms with Crippen LogP contribution in [0.2, 0.25) is 0 Å². The van der Waals surface area contributed by atoms with Crippen LogP contribution in [0.3, 0.4) is 0 Å². The molecule has 0 spiro atoms. The second kappa shape index (κ2) is 15.5. The van der Waals surface area contributed by atoms with Gasteiger partial charge in [0.25, 0.3) is 0 Å². The van der Waals surface area contributed by atoms with E-state index in [1.807, 2.05) is 18.2 Å². The van der Waals surface area contributed by atoms with Crippen LogP contribution in [0.5, 0.6) is 0 Å². The van der Waals surface area contributed by atoms with Crippen molar-refractivity contribution in [1.29, 1.82) is 0 Å². The van der Waals surface area contributed by atoms with Crippen molar-refractivity contribution >= 4 is 30.1 Å². The van der Waals surface area contributed by atoms with Crippen LogP contribution in [0, 0.1) is 6.92 Å². The second-order valence-corrected chi connectivity index (χ2v) is 9.11. The second-order valence-electron chi connectivity index (χ2n) is 5.57. The average Bonchev–Trinajstić information content (AvgIpc) is 2.70. The number of nitrogens with one attached hydrogen (secondary N) is 1. The molecule has 1 unspecified atom stereocenters. The van der Waals surface area contributed by atoms with Crippen molar-refractivity contribution in [2.75, 3.05) is 18.5 Å². The van der Waals surface area contributed by atoms with Gasteiger partial charge in [0.05, 0.1) is 13.2 Å². The molecule has 0 aliphatic carbocycles. The Bertz CT molecular complexity index is 787. The monoisotopic (exact) mass is 465 g/mol. The van der Waals surface area contributed by atoms with Gasteiger partial charge in [0.1, 0.15) is 0 Å². The molecule has 0 heterocycles. The van der Waals surface area contributed by atoms with Crippen LogP contribution in [-0.4, -0.2) is 42.6 Å². The van der Waals surface area contributed by atoms with E-state index in [4.69, 9.17) is 9.99 Å². The van der Waals surface area contributed by atoms with Crippen molar-refractivity contribution in [3.63, 3.8) is 0 Å². The number of anilines is 1. The van der Waals surface area contributed by atoms with Crippen LogP contribution in [0.1, 0.15) is 12.5 Å². The summed E-state index contributed by atoms with van der Waals surface area (Å²) >= 11 is -4.92. The zero-order chi connectivity index (χ0) is 22.1. The molecular formula is C21H28AsNO6. The molecule has 1 atom stereocenters. The Morgan fingerprint density at radius 1 is 1.07 bits per heavy atom. The van der Waals surface area contributed by atoms with Crippen LogP contribution in [0.15, 0.2) is 79.9 Å². The van der Waals surface area contributed by atoms with E-state index in [1.54, 1.807) is 18.2 Å². The van der Waals surface area contributed by atoms with Gasteiger partial charge in [-0.2, -0.15) is 0 Å². The Kier molecular flexibility index (Phi) is 14.2. The summed E-state index contributed by atoms with van der Waals surface area (Å²) < 4.78 is 29.0. The Balaban J connectivity index is 0.000000465. The van der Waals surface area contributed by atoms with Crippen molar-refractivity contribution in [2.24, 2.45) is 0 Å². The van der Waals surface area contributed by atoms with Crippen LogP contribution >= 0.6 is 0 Å². The maximum Gasteiger partial charge on any atom is -0.0398 e. The third kappa shape index (κ3) is 12.6. The van der Waals surface area contributed by atoms with Gasteiger partial charge < -0.3 is 4.74 Å². The fraction of sp³-hybridized carbons (Fsp3) is 0.190. The number of ether oxygens (including phenoxy) is 1. The molecule has 0 bridgehead atoms. The van der Waals surface area contributed by atoms with Crippen LogP contribution < -0.4 is 9.67 Å². The van der Waals surface area contributed by atoms with Gasteiger partial charge >= 0.3 is 88.4 Å². The molecule has 0 aromatic heterocycles. The van der Waals surface area contributed by atoms with Crippen molar-refractivity contribution in [2.45, 2.75) is 13.8 Å². The maximum atomic E-state index is 11.4. The molecule has 0 aliphatic heterocycles. The first-order valence-corrected chi connectivity index (χ1v) is 11.9. The fourth-order valence-electron chi connectivity index (χ4n) is 1.83. The molecule has 0 saturated carbocycles. The number of hydrogen-bond donors (Lipinski definition) is 3. The molecule has 0 aliphatic rings. The third-order valence-electron chi connectivity index (χ3n) is 3.04. The predicted octanol–water partition coefficient (Wildman–Crippen LogP) is 3.07. The molecule has 0 saturated heterocycles. The number of hydrogen-bond acceptors (Lipinski definition) is 5. The Morgan fingerprint density at radius 2 is 1.59 bits per heavy atom. The normalized spacial score (nSPS) is 11.4. The van der Waals surface area contributed by atoms with E-state index < -0.39 is 14.2 Å². The van der Waals surface area contributed by atoms with Crippen molar-refractivity contribution in [3.05, 3.63) is 85.5 Å². The number of benzene rings is 2. The number of amides is 1. The first-order chi connectivity index (χ1) is 13.8. The molecule has 158 valence electrons. The van der Waals surface area contributed by atoms with E-state index >= 15 is 0 Å². The van der Waals surface area contributed by atoms with Gasteiger partial charge in [0, 0.05) is 0 Å². The summed E-state index contributed by atoms with van der Waals surface area (Å²) in [6.45, 7) is 11.5. The zero-order valence-corrected chi connectivity index (χ0v) is 18.5. The van der Waals surface area contributed by atoms with E-state index in [1.165, 1.54) is 30.7 Å². The summed E-state index contributed by atoms with van der Waals surface area (Å²) in [6, 6.07) is 16.1. The summed E-state index contributed by atoms with van der Waals surface area (Å²) in [6.07, 6.45) is 3.42. The molecule has 29 heavy (non-hydrogen) atoms.